The number of carbonyl (C=O) groups is 2. The fraction of sp³-hybridized carbons (Fsp3) is 0.333. The van der Waals surface area contributed by atoms with Crippen LogP contribution in [0.3, 0.4) is 0 Å². The van der Waals surface area contributed by atoms with Gasteiger partial charge in [0.2, 0.25) is 0 Å². The van der Waals surface area contributed by atoms with Crippen LogP contribution in [-0.2, 0) is 4.79 Å². The number of amides is 1. The van der Waals surface area contributed by atoms with Crippen molar-refractivity contribution >= 4 is 17.4 Å². The van der Waals surface area contributed by atoms with Gasteiger partial charge in [0.25, 0.3) is 11.7 Å². The van der Waals surface area contributed by atoms with Gasteiger partial charge >= 0.3 is 0 Å². The van der Waals surface area contributed by atoms with Crippen LogP contribution in [0.1, 0.15) is 24.2 Å². The summed E-state index contributed by atoms with van der Waals surface area (Å²) in [6.07, 6.45) is 0. The molecule has 0 aliphatic carbocycles. The van der Waals surface area contributed by atoms with Crippen molar-refractivity contribution in [2.75, 3.05) is 18.0 Å². The first-order valence-electron chi connectivity index (χ1n) is 6.46. The van der Waals surface area contributed by atoms with E-state index in [1.54, 1.807) is 0 Å². The third-order valence-corrected chi connectivity index (χ3v) is 3.08. The van der Waals surface area contributed by atoms with E-state index in [0.29, 0.717) is 18.3 Å². The highest BCUT2D eigenvalue weighted by Gasteiger charge is 2.36. The summed E-state index contributed by atoms with van der Waals surface area (Å²) in [5.41, 5.74) is 1.36. The second-order valence-electron chi connectivity index (χ2n) is 5.17. The van der Waals surface area contributed by atoms with Crippen LogP contribution in [0.2, 0.25) is 0 Å². The van der Waals surface area contributed by atoms with Crippen molar-refractivity contribution in [3.8, 4) is 0 Å². The molecule has 2 rings (SSSR count). The molecule has 0 bridgehead atoms. The lowest BCUT2D eigenvalue weighted by Crippen LogP contribution is -2.34. The van der Waals surface area contributed by atoms with Crippen LogP contribution in [0.25, 0.3) is 0 Å². The molecule has 4 nitrogen and oxygen atoms in total. The Morgan fingerprint density at radius 2 is 2.10 bits per heavy atom. The highest BCUT2D eigenvalue weighted by Crippen LogP contribution is 2.29. The maximum Gasteiger partial charge on any atom is 0.299 e. The smallest absolute Gasteiger partial charge is 0.299 e. The number of ketones is 1. The van der Waals surface area contributed by atoms with Gasteiger partial charge in [-0.1, -0.05) is 20.4 Å². The predicted molar refractivity (Wildman–Crippen MR) is 75.4 cm³/mol. The highest BCUT2D eigenvalue weighted by atomic mass is 19.1. The van der Waals surface area contributed by atoms with E-state index >= 15 is 0 Å². The van der Waals surface area contributed by atoms with E-state index in [2.05, 4.69) is 11.9 Å². The van der Waals surface area contributed by atoms with E-state index in [9.17, 15) is 14.0 Å². The van der Waals surface area contributed by atoms with E-state index in [1.165, 1.54) is 17.0 Å². The average Bonchev–Trinajstić information content (AvgIpc) is 2.61. The molecular weight excluding hydrogens is 259 g/mol. The summed E-state index contributed by atoms with van der Waals surface area (Å²) in [5, 5.41) is 3.20. The van der Waals surface area contributed by atoms with E-state index in [4.69, 9.17) is 0 Å². The molecular formula is C15H17FN2O2. The summed E-state index contributed by atoms with van der Waals surface area (Å²) in [4.78, 5) is 25.1. The fourth-order valence-corrected chi connectivity index (χ4v) is 2.06. The first-order chi connectivity index (χ1) is 9.40. The topological polar surface area (TPSA) is 49.4 Å². The van der Waals surface area contributed by atoms with Gasteiger partial charge in [0, 0.05) is 19.1 Å². The molecule has 1 aliphatic heterocycles. The molecule has 1 aromatic carbocycles. The zero-order valence-corrected chi connectivity index (χ0v) is 11.6. The van der Waals surface area contributed by atoms with Crippen molar-refractivity contribution in [2.24, 2.45) is 0 Å². The second kappa shape index (κ2) is 5.54. The number of carbonyl (C=O) groups excluding carboxylic acids is 2. The van der Waals surface area contributed by atoms with Crippen LogP contribution in [-0.4, -0.2) is 30.8 Å². The molecule has 1 amide bonds. The summed E-state index contributed by atoms with van der Waals surface area (Å²) in [5.74, 6) is -1.81. The largest absolute Gasteiger partial charge is 0.311 e. The zero-order valence-electron chi connectivity index (χ0n) is 11.6. The fourth-order valence-electron chi connectivity index (χ4n) is 2.06. The van der Waals surface area contributed by atoms with Gasteiger partial charge < -0.3 is 10.2 Å². The van der Waals surface area contributed by atoms with Gasteiger partial charge in [-0.3, -0.25) is 9.59 Å². The molecule has 1 N–H and O–H groups in total. The summed E-state index contributed by atoms with van der Waals surface area (Å²) < 4.78 is 13.2. The van der Waals surface area contributed by atoms with E-state index in [-0.39, 0.29) is 12.1 Å². The molecule has 1 aromatic rings. The van der Waals surface area contributed by atoms with Gasteiger partial charge in [-0.25, -0.2) is 4.39 Å². The van der Waals surface area contributed by atoms with Crippen LogP contribution >= 0.6 is 0 Å². The van der Waals surface area contributed by atoms with Crippen LogP contribution in [0.15, 0.2) is 30.4 Å². The van der Waals surface area contributed by atoms with Gasteiger partial charge in [0.1, 0.15) is 5.82 Å². The molecule has 0 unspecified atom stereocenters. The Bertz CT molecular complexity index is 581. The monoisotopic (exact) mass is 276 g/mol. The number of benzene rings is 1. The Hall–Kier alpha value is -2.01. The summed E-state index contributed by atoms with van der Waals surface area (Å²) in [6, 6.07) is 4.11. The lowest BCUT2D eigenvalue weighted by atomic mass is 10.1. The SMILES string of the molecule is C=C(CNC(C)C)CN1C(=O)C(=O)c2cc(F)ccc21. The number of fused-ring (bicyclic) bond motifs is 1. The van der Waals surface area contributed by atoms with Crippen molar-refractivity contribution in [3.05, 3.63) is 41.7 Å². The Kier molecular flexibility index (Phi) is 3.99. The first-order valence-corrected chi connectivity index (χ1v) is 6.46. The molecule has 20 heavy (non-hydrogen) atoms. The van der Waals surface area contributed by atoms with Crippen molar-refractivity contribution in [1.82, 2.24) is 5.32 Å². The van der Waals surface area contributed by atoms with Crippen LogP contribution in [0.5, 0.6) is 0 Å². The number of Topliss-reactive ketones (excluding diaryl/α,β-unsaturated/α-hetero) is 1. The molecule has 0 fully saturated rings. The maximum absolute atomic E-state index is 13.2. The highest BCUT2D eigenvalue weighted by molar-refractivity contribution is 6.52. The third kappa shape index (κ3) is 2.77. The molecule has 106 valence electrons. The minimum Gasteiger partial charge on any atom is -0.311 e. The van der Waals surface area contributed by atoms with Gasteiger partial charge in [0.05, 0.1) is 11.3 Å². The van der Waals surface area contributed by atoms with E-state index in [1.807, 2.05) is 13.8 Å². The number of halogens is 1. The summed E-state index contributed by atoms with van der Waals surface area (Å²) in [7, 11) is 0. The summed E-state index contributed by atoms with van der Waals surface area (Å²) in [6.45, 7) is 8.73. The van der Waals surface area contributed by atoms with Crippen LogP contribution in [0, 0.1) is 5.82 Å². The number of rotatable bonds is 5. The molecule has 0 atom stereocenters. The summed E-state index contributed by atoms with van der Waals surface area (Å²) >= 11 is 0. The van der Waals surface area contributed by atoms with E-state index in [0.717, 1.165) is 11.6 Å². The Morgan fingerprint density at radius 3 is 2.75 bits per heavy atom. The first kappa shape index (κ1) is 14.4. The van der Waals surface area contributed by atoms with Crippen molar-refractivity contribution in [2.45, 2.75) is 19.9 Å². The molecule has 0 aromatic heterocycles. The third-order valence-electron chi connectivity index (χ3n) is 3.08. The normalized spacial score (nSPS) is 14.1. The Balaban J connectivity index is 2.16. The molecule has 0 saturated heterocycles. The van der Waals surface area contributed by atoms with Gasteiger partial charge in [-0.15, -0.1) is 0 Å². The van der Waals surface area contributed by atoms with Crippen LogP contribution < -0.4 is 10.2 Å². The minimum absolute atomic E-state index is 0.125. The van der Waals surface area contributed by atoms with Crippen molar-refractivity contribution < 1.29 is 14.0 Å². The van der Waals surface area contributed by atoms with E-state index < -0.39 is 17.5 Å². The average molecular weight is 276 g/mol. The maximum atomic E-state index is 13.2. The number of hydrogen-bond donors (Lipinski definition) is 1. The minimum atomic E-state index is -0.663. The van der Waals surface area contributed by atoms with Crippen LogP contribution in [0.4, 0.5) is 10.1 Å². The van der Waals surface area contributed by atoms with Gasteiger partial charge in [0.15, 0.2) is 0 Å². The molecule has 0 radical (unpaired) electrons. The number of nitrogens with zero attached hydrogens (tertiary/aromatic N) is 1. The Labute approximate surface area is 117 Å². The Morgan fingerprint density at radius 1 is 1.40 bits per heavy atom. The standard InChI is InChI=1S/C15H17FN2O2/c1-9(2)17-7-10(3)8-18-13-5-4-11(16)6-12(13)14(19)15(18)20/h4-6,9,17H,3,7-8H2,1-2H3. The lowest BCUT2D eigenvalue weighted by Gasteiger charge is -2.19. The molecule has 1 aliphatic rings. The molecule has 1 heterocycles. The number of hydrogen-bond acceptors (Lipinski definition) is 3. The number of anilines is 1. The zero-order chi connectivity index (χ0) is 14.9. The number of nitrogens with one attached hydrogen (secondary N) is 1. The van der Waals surface area contributed by atoms with Gasteiger partial charge in [-0.05, 0) is 23.8 Å². The molecule has 0 spiro atoms. The molecule has 0 saturated carbocycles. The van der Waals surface area contributed by atoms with Crippen molar-refractivity contribution in [1.29, 1.82) is 0 Å². The quantitative estimate of drug-likeness (QED) is 0.660. The predicted octanol–water partition coefficient (Wildman–Crippen LogP) is 1.91. The lowest BCUT2D eigenvalue weighted by molar-refractivity contribution is -0.114. The van der Waals surface area contributed by atoms with Crippen molar-refractivity contribution in [3.63, 3.8) is 0 Å². The van der Waals surface area contributed by atoms with Gasteiger partial charge in [-0.2, -0.15) is 0 Å². The second-order valence-corrected chi connectivity index (χ2v) is 5.17. The molecule has 5 heteroatoms.